The van der Waals surface area contributed by atoms with Crippen molar-refractivity contribution >= 4 is 44.0 Å². The standard InChI is InChI=1S/C57H65F3N8O7S/c1-37(2)46-6-4-5-7-47(46)51-36-65(35-39-8-10-41(11-9-39)57(58,59)60)26-27-67(51)43-31-56(32-43)21-24-66(25-22-56)42-12-14-48(52(29-42)75-44-28-40-18-23-61-53(40)63-34-44)54(69)64-76(73,74)45-13-15-49(50(30-45)68(71)72)62-33-38-16-19-55(3,70)20-17-38/h4-15,18,23,28-30,34,37-38,43,51,62,70H,16-17,19-22,24-27,31-33,35-36H2,1-3H3,(H,61,63)(H,64,69). The molecule has 0 radical (unpaired) electrons. The number of hydrogen-bond acceptors (Lipinski definition) is 12. The second-order valence-corrected chi connectivity index (χ2v) is 23.8. The first kappa shape index (κ1) is 52.9. The monoisotopic (exact) mass is 1060 g/mol. The Labute approximate surface area is 441 Å². The van der Waals surface area contributed by atoms with Gasteiger partial charge in [-0.05, 0) is 141 Å². The minimum absolute atomic E-state index is 0.0656. The second-order valence-electron chi connectivity index (χ2n) is 22.1. The van der Waals surface area contributed by atoms with Crippen LogP contribution in [0.25, 0.3) is 11.0 Å². The highest BCUT2D eigenvalue weighted by Crippen LogP contribution is 2.53. The molecule has 2 aromatic heterocycles. The summed E-state index contributed by atoms with van der Waals surface area (Å²) in [5, 5.41) is 26.4. The molecule has 6 aromatic rings. The number of halogens is 3. The number of carbonyl (C=O) groups is 1. The highest BCUT2D eigenvalue weighted by atomic mass is 32.2. The summed E-state index contributed by atoms with van der Waals surface area (Å²) >= 11 is 0. The zero-order chi connectivity index (χ0) is 53.6. The molecule has 10 rings (SSSR count). The molecular weight excluding hydrogens is 998 g/mol. The average Bonchev–Trinajstić information content (AvgIpc) is 3.86. The summed E-state index contributed by atoms with van der Waals surface area (Å²) in [5.41, 5.74) is 3.30. The van der Waals surface area contributed by atoms with Crippen molar-refractivity contribution in [3.8, 4) is 11.5 Å². The molecule has 1 spiro atoms. The predicted octanol–water partition coefficient (Wildman–Crippen LogP) is 11.2. The van der Waals surface area contributed by atoms with Crippen molar-refractivity contribution in [3.05, 3.63) is 147 Å². The van der Waals surface area contributed by atoms with E-state index in [1.54, 1.807) is 43.5 Å². The number of hydrogen-bond donors (Lipinski definition) is 4. The lowest BCUT2D eigenvalue weighted by Crippen LogP contribution is -2.60. The molecule has 2 saturated heterocycles. The molecule has 2 aliphatic carbocycles. The van der Waals surface area contributed by atoms with Crippen LogP contribution in [0.15, 0.2) is 114 Å². The number of aromatic amines is 1. The van der Waals surface area contributed by atoms with Crippen LogP contribution in [-0.2, 0) is 22.7 Å². The first-order valence-corrected chi connectivity index (χ1v) is 27.7. The summed E-state index contributed by atoms with van der Waals surface area (Å²) in [7, 11) is -4.62. The van der Waals surface area contributed by atoms with E-state index in [1.165, 1.54) is 47.7 Å². The summed E-state index contributed by atoms with van der Waals surface area (Å²) in [5.74, 6) is -0.0558. The van der Waals surface area contributed by atoms with E-state index < -0.39 is 48.8 Å². The van der Waals surface area contributed by atoms with Gasteiger partial charge in [0.25, 0.3) is 21.6 Å². The fraction of sp³-hybridized carbons (Fsp3) is 0.439. The number of nitro benzene ring substituents is 1. The van der Waals surface area contributed by atoms with E-state index in [9.17, 15) is 41.6 Å². The number of sulfonamides is 1. The number of benzene rings is 4. The van der Waals surface area contributed by atoms with Gasteiger partial charge in [-0.3, -0.25) is 24.7 Å². The summed E-state index contributed by atoms with van der Waals surface area (Å²) in [4.78, 5) is 40.0. The summed E-state index contributed by atoms with van der Waals surface area (Å²) in [6.45, 7) is 11.1. The van der Waals surface area contributed by atoms with Gasteiger partial charge in [-0.1, -0.05) is 50.2 Å². The SMILES string of the molecule is CC(C)c1ccccc1C1CN(Cc2ccc(C(F)(F)F)cc2)CCN1C1CC2(CCN(c3ccc(C(=O)NS(=O)(=O)c4ccc(NCC5CCC(C)(O)CC5)c([N+](=O)[O-])c4)c(Oc4cnc5[nH]ccc5c4)c3)CC2)C1. The van der Waals surface area contributed by atoms with Crippen LogP contribution in [0.1, 0.15) is 117 Å². The van der Waals surface area contributed by atoms with E-state index in [4.69, 9.17) is 4.74 Å². The lowest BCUT2D eigenvalue weighted by Gasteiger charge is -2.58. The average molecular weight is 1060 g/mol. The third-order valence-electron chi connectivity index (χ3n) is 16.4. The largest absolute Gasteiger partial charge is 0.455 e. The molecule has 2 saturated carbocycles. The number of nitrogens with zero attached hydrogens (tertiary/aromatic N) is 5. The fourth-order valence-electron chi connectivity index (χ4n) is 12.0. The number of nitro groups is 1. The Bertz CT molecular complexity index is 3200. The highest BCUT2D eigenvalue weighted by molar-refractivity contribution is 7.90. The number of H-pyrrole nitrogens is 1. The normalized spacial score (nSPS) is 21.7. The molecule has 76 heavy (non-hydrogen) atoms. The third-order valence-corrected chi connectivity index (χ3v) is 17.8. The maximum absolute atomic E-state index is 14.1. The number of fused-ring (bicyclic) bond motifs is 1. The number of rotatable bonds is 15. The van der Waals surface area contributed by atoms with Gasteiger partial charge in [0.1, 0.15) is 22.8 Å². The number of ether oxygens (including phenoxy) is 1. The maximum Gasteiger partial charge on any atom is 0.416 e. The van der Waals surface area contributed by atoms with Gasteiger partial charge in [0.2, 0.25) is 0 Å². The molecule has 4 N–H and O–H groups in total. The van der Waals surface area contributed by atoms with Crippen molar-refractivity contribution in [2.45, 2.75) is 113 Å². The van der Waals surface area contributed by atoms with Crippen molar-refractivity contribution in [3.63, 3.8) is 0 Å². The van der Waals surface area contributed by atoms with Crippen molar-refractivity contribution < 1.29 is 41.2 Å². The first-order valence-electron chi connectivity index (χ1n) is 26.3. The predicted molar refractivity (Wildman–Crippen MR) is 285 cm³/mol. The number of anilines is 2. The molecule has 4 fully saturated rings. The van der Waals surface area contributed by atoms with Crippen molar-refractivity contribution in [2.75, 3.05) is 49.5 Å². The number of piperidine rings is 1. The molecule has 0 bridgehead atoms. The Balaban J connectivity index is 0.827. The number of alkyl halides is 3. The second kappa shape index (κ2) is 21.1. The Kier molecular flexibility index (Phi) is 14.7. The van der Waals surface area contributed by atoms with Crippen LogP contribution < -0.4 is 19.7 Å². The van der Waals surface area contributed by atoms with E-state index in [1.807, 2.05) is 6.07 Å². The molecule has 4 aliphatic rings. The van der Waals surface area contributed by atoms with Gasteiger partial charge < -0.3 is 25.0 Å². The molecule has 4 heterocycles. The fourth-order valence-corrected chi connectivity index (χ4v) is 13.0. The van der Waals surface area contributed by atoms with Crippen molar-refractivity contribution in [1.82, 2.24) is 24.5 Å². The molecule has 4 aromatic carbocycles. The van der Waals surface area contributed by atoms with E-state index in [2.05, 4.69) is 72.8 Å². The van der Waals surface area contributed by atoms with Crippen LogP contribution in [-0.4, -0.2) is 95.0 Å². The minimum atomic E-state index is -4.62. The third kappa shape index (κ3) is 11.6. The van der Waals surface area contributed by atoms with Crippen LogP contribution in [0.3, 0.4) is 0 Å². The van der Waals surface area contributed by atoms with Crippen LogP contribution in [0.4, 0.5) is 30.2 Å². The number of amides is 1. The quantitative estimate of drug-likeness (QED) is 0.0564. The zero-order valence-electron chi connectivity index (χ0n) is 43.0. The summed E-state index contributed by atoms with van der Waals surface area (Å²) < 4.78 is 76.2. The van der Waals surface area contributed by atoms with Gasteiger partial charge in [0.05, 0.1) is 32.7 Å². The summed E-state index contributed by atoms with van der Waals surface area (Å²) in [6, 6.07) is 26.8. The molecule has 19 heteroatoms. The number of pyridine rings is 1. The van der Waals surface area contributed by atoms with Crippen molar-refractivity contribution in [1.29, 1.82) is 0 Å². The van der Waals surface area contributed by atoms with Crippen LogP contribution in [0.2, 0.25) is 0 Å². The van der Waals surface area contributed by atoms with E-state index >= 15 is 0 Å². The van der Waals surface area contributed by atoms with E-state index in [-0.39, 0.29) is 34.4 Å². The maximum atomic E-state index is 14.1. The van der Waals surface area contributed by atoms with Crippen LogP contribution >= 0.6 is 0 Å². The molecule has 1 unspecified atom stereocenters. The van der Waals surface area contributed by atoms with Crippen LogP contribution in [0.5, 0.6) is 11.5 Å². The molecule has 1 amide bonds. The van der Waals surface area contributed by atoms with Gasteiger partial charge >= 0.3 is 6.18 Å². The molecule has 2 aliphatic heterocycles. The number of piperazine rings is 1. The van der Waals surface area contributed by atoms with Gasteiger partial charge in [-0.2, -0.15) is 13.2 Å². The molecule has 15 nitrogen and oxygen atoms in total. The number of carbonyl (C=O) groups excluding carboxylic acids is 1. The van der Waals surface area contributed by atoms with Gasteiger partial charge in [-0.15, -0.1) is 0 Å². The molecular formula is C57H65F3N8O7S. The van der Waals surface area contributed by atoms with Gasteiger partial charge in [-0.25, -0.2) is 18.1 Å². The van der Waals surface area contributed by atoms with E-state index in [0.29, 0.717) is 49.3 Å². The molecule has 402 valence electrons. The van der Waals surface area contributed by atoms with Crippen molar-refractivity contribution in [2.24, 2.45) is 11.3 Å². The Morgan fingerprint density at radius 3 is 2.39 bits per heavy atom. The molecule has 1 atom stereocenters. The van der Waals surface area contributed by atoms with E-state index in [0.717, 1.165) is 94.0 Å². The Morgan fingerprint density at radius 1 is 0.947 bits per heavy atom. The minimum Gasteiger partial charge on any atom is -0.455 e. The number of nitrogens with one attached hydrogen (secondary N) is 3. The lowest BCUT2D eigenvalue weighted by atomic mass is 9.59. The van der Waals surface area contributed by atoms with Gasteiger partial charge in [0, 0.05) is 87.3 Å². The van der Waals surface area contributed by atoms with Gasteiger partial charge in [0.15, 0.2) is 0 Å². The Hall–Kier alpha value is -6.54. The topological polar surface area (TPSA) is 186 Å². The first-order chi connectivity index (χ1) is 36.2. The number of aromatic nitrogens is 2. The summed E-state index contributed by atoms with van der Waals surface area (Å²) in [6.07, 6.45) is 5.59. The highest BCUT2D eigenvalue weighted by Gasteiger charge is 2.50. The van der Waals surface area contributed by atoms with Crippen LogP contribution in [0, 0.1) is 21.4 Å². The Morgan fingerprint density at radius 2 is 1.68 bits per heavy atom. The zero-order valence-corrected chi connectivity index (χ0v) is 43.8. The smallest absolute Gasteiger partial charge is 0.416 e. The number of aliphatic hydroxyl groups is 1. The lowest BCUT2D eigenvalue weighted by molar-refractivity contribution is -0.384.